The zero-order valence-corrected chi connectivity index (χ0v) is 15.4. The molecule has 5 heteroatoms. The maximum atomic E-state index is 13.3. The molecule has 2 fully saturated rings. The average molecular weight is 332 g/mol. The first-order valence-corrected chi connectivity index (χ1v) is 8.99. The fourth-order valence-electron chi connectivity index (χ4n) is 4.25. The summed E-state index contributed by atoms with van der Waals surface area (Å²) in [5.41, 5.74) is 6.29. The standard InChI is InChI=1S/C19H29N3O2/c1-14-12-16(24-4)13-15(2)17(14)21-18(23)19(8-7-9-19)22(3)11-6-5-10-20-22/h12-13,20H,5-11H2,1-4H3/p+1. The Morgan fingerprint density at radius 3 is 2.33 bits per heavy atom. The first-order valence-electron chi connectivity index (χ1n) is 8.99. The molecule has 1 aliphatic carbocycles. The normalized spacial score (nSPS) is 25.7. The van der Waals surface area contributed by atoms with Crippen LogP contribution < -0.4 is 15.5 Å². The number of nitrogens with zero attached hydrogens (tertiary/aromatic N) is 1. The largest absolute Gasteiger partial charge is 0.497 e. The minimum absolute atomic E-state index is 0.155. The SMILES string of the molecule is COc1cc(C)c(NC(=O)C2([N+]3(C)CCCCN3)CCC2)c(C)c1. The molecule has 5 nitrogen and oxygen atoms in total. The van der Waals surface area contributed by atoms with Gasteiger partial charge >= 0.3 is 0 Å². The van der Waals surface area contributed by atoms with Gasteiger partial charge in [0.2, 0.25) is 0 Å². The summed E-state index contributed by atoms with van der Waals surface area (Å²) < 4.78 is 5.99. The summed E-state index contributed by atoms with van der Waals surface area (Å²) in [7, 11) is 3.86. The molecule has 24 heavy (non-hydrogen) atoms. The van der Waals surface area contributed by atoms with E-state index in [1.54, 1.807) is 7.11 Å². The van der Waals surface area contributed by atoms with Gasteiger partial charge in [0.25, 0.3) is 5.91 Å². The van der Waals surface area contributed by atoms with Gasteiger partial charge in [-0.05, 0) is 56.4 Å². The van der Waals surface area contributed by atoms with Crippen molar-refractivity contribution in [1.29, 1.82) is 0 Å². The van der Waals surface area contributed by atoms with E-state index in [-0.39, 0.29) is 11.4 Å². The summed E-state index contributed by atoms with van der Waals surface area (Å²) in [4.78, 5) is 13.3. The summed E-state index contributed by atoms with van der Waals surface area (Å²) in [5, 5.41) is 3.24. The number of nitrogens with one attached hydrogen (secondary N) is 2. The topological polar surface area (TPSA) is 50.4 Å². The lowest BCUT2D eigenvalue weighted by Crippen LogP contribution is -2.77. The second-order valence-corrected chi connectivity index (χ2v) is 7.51. The molecule has 1 aromatic rings. The minimum atomic E-state index is -0.334. The molecule has 1 unspecified atom stereocenters. The number of amides is 1. The molecule has 2 N–H and O–H groups in total. The number of quaternary nitrogens is 1. The van der Waals surface area contributed by atoms with Crippen molar-refractivity contribution in [3.05, 3.63) is 23.3 Å². The van der Waals surface area contributed by atoms with Crippen LogP contribution in [-0.4, -0.2) is 43.3 Å². The van der Waals surface area contributed by atoms with Gasteiger partial charge in [0.15, 0.2) is 5.54 Å². The second kappa shape index (κ2) is 6.37. The molecule has 1 saturated heterocycles. The number of likely N-dealkylation sites (N-methyl/N-ethyl adjacent to an activating group) is 1. The molecule has 1 saturated carbocycles. The van der Waals surface area contributed by atoms with Gasteiger partial charge in [-0.25, -0.2) is 4.59 Å². The summed E-state index contributed by atoms with van der Waals surface area (Å²) in [6.45, 7) is 6.06. The van der Waals surface area contributed by atoms with E-state index >= 15 is 0 Å². The summed E-state index contributed by atoms with van der Waals surface area (Å²) in [5.74, 6) is 0.986. The predicted octanol–water partition coefficient (Wildman–Crippen LogP) is 2.92. The van der Waals surface area contributed by atoms with Crippen LogP contribution in [0, 0.1) is 13.8 Å². The highest BCUT2D eigenvalue weighted by Gasteiger charge is 2.59. The van der Waals surface area contributed by atoms with Crippen molar-refractivity contribution in [2.75, 3.05) is 32.6 Å². The molecule has 132 valence electrons. The van der Waals surface area contributed by atoms with Crippen molar-refractivity contribution in [3.63, 3.8) is 0 Å². The highest BCUT2D eigenvalue weighted by molar-refractivity contribution is 5.99. The van der Waals surface area contributed by atoms with Crippen molar-refractivity contribution in [2.45, 2.75) is 51.5 Å². The smallest absolute Gasteiger partial charge is 0.287 e. The number of aryl methyl sites for hydroxylation is 2. The molecule has 1 aromatic carbocycles. The van der Waals surface area contributed by atoms with E-state index in [1.807, 2.05) is 26.0 Å². The van der Waals surface area contributed by atoms with Gasteiger partial charge in [-0.1, -0.05) is 0 Å². The Hall–Kier alpha value is -1.59. The van der Waals surface area contributed by atoms with E-state index in [9.17, 15) is 4.79 Å². The van der Waals surface area contributed by atoms with Gasteiger partial charge in [-0.2, -0.15) is 5.43 Å². The number of methoxy groups -OCH3 is 1. The minimum Gasteiger partial charge on any atom is -0.497 e. The molecule has 1 amide bonds. The highest BCUT2D eigenvalue weighted by Crippen LogP contribution is 2.43. The zero-order valence-electron chi connectivity index (χ0n) is 15.4. The van der Waals surface area contributed by atoms with Crippen molar-refractivity contribution >= 4 is 11.6 Å². The number of anilines is 1. The molecule has 0 bridgehead atoms. The molecule has 3 rings (SSSR count). The van der Waals surface area contributed by atoms with Crippen LogP contribution in [0.5, 0.6) is 5.75 Å². The Labute approximate surface area is 144 Å². The molecule has 0 spiro atoms. The molecule has 0 radical (unpaired) electrons. The Morgan fingerprint density at radius 1 is 1.21 bits per heavy atom. The maximum Gasteiger partial charge on any atom is 0.287 e. The Kier molecular flexibility index (Phi) is 4.58. The number of hydrogen-bond donors (Lipinski definition) is 2. The van der Waals surface area contributed by atoms with Gasteiger partial charge in [0.1, 0.15) is 5.75 Å². The zero-order chi connectivity index (χ0) is 17.4. The molecule has 2 aliphatic rings. The number of ether oxygens (including phenoxy) is 1. The Balaban J connectivity index is 1.86. The van der Waals surface area contributed by atoms with Crippen molar-refractivity contribution in [2.24, 2.45) is 0 Å². The van der Waals surface area contributed by atoms with Crippen LogP contribution in [0.3, 0.4) is 0 Å². The van der Waals surface area contributed by atoms with E-state index in [2.05, 4.69) is 17.8 Å². The molecular formula is C19H30N3O2+. The molecule has 0 aromatic heterocycles. The predicted molar refractivity (Wildman–Crippen MR) is 96.0 cm³/mol. The highest BCUT2D eigenvalue weighted by atomic mass is 16.5. The van der Waals surface area contributed by atoms with Gasteiger partial charge in [-0.3, -0.25) is 4.79 Å². The third-order valence-corrected chi connectivity index (χ3v) is 6.02. The summed E-state index contributed by atoms with van der Waals surface area (Å²) in [6, 6.07) is 3.96. The third kappa shape index (κ3) is 2.70. The lowest BCUT2D eigenvalue weighted by molar-refractivity contribution is -0.998. The van der Waals surface area contributed by atoms with Crippen LogP contribution in [0.2, 0.25) is 0 Å². The van der Waals surface area contributed by atoms with Crippen LogP contribution in [0.15, 0.2) is 12.1 Å². The lowest BCUT2D eigenvalue weighted by Gasteiger charge is -2.54. The lowest BCUT2D eigenvalue weighted by atomic mass is 9.73. The van der Waals surface area contributed by atoms with Gasteiger partial charge in [-0.15, -0.1) is 0 Å². The van der Waals surface area contributed by atoms with Gasteiger partial charge < -0.3 is 10.1 Å². The quantitative estimate of drug-likeness (QED) is 0.834. The van der Waals surface area contributed by atoms with Crippen molar-refractivity contribution in [1.82, 2.24) is 5.43 Å². The van der Waals surface area contributed by atoms with E-state index in [0.29, 0.717) is 4.59 Å². The molecular weight excluding hydrogens is 302 g/mol. The van der Waals surface area contributed by atoms with Crippen LogP contribution >= 0.6 is 0 Å². The second-order valence-electron chi connectivity index (χ2n) is 7.51. The first-order chi connectivity index (χ1) is 11.4. The average Bonchev–Trinajstić information content (AvgIpc) is 2.50. The van der Waals surface area contributed by atoms with Crippen LogP contribution in [-0.2, 0) is 4.79 Å². The van der Waals surface area contributed by atoms with E-state index in [1.165, 1.54) is 12.8 Å². The maximum absolute atomic E-state index is 13.3. The van der Waals surface area contributed by atoms with Crippen molar-refractivity contribution in [3.8, 4) is 5.75 Å². The van der Waals surface area contributed by atoms with Crippen LogP contribution in [0.25, 0.3) is 0 Å². The van der Waals surface area contributed by atoms with Gasteiger partial charge in [0.05, 0.1) is 20.7 Å². The van der Waals surface area contributed by atoms with Gasteiger partial charge in [0, 0.05) is 25.1 Å². The molecule has 1 atom stereocenters. The van der Waals surface area contributed by atoms with Crippen molar-refractivity contribution < 1.29 is 14.1 Å². The van der Waals surface area contributed by atoms with E-state index in [0.717, 1.165) is 54.9 Å². The third-order valence-electron chi connectivity index (χ3n) is 6.02. The first kappa shape index (κ1) is 17.2. The van der Waals surface area contributed by atoms with Crippen LogP contribution in [0.1, 0.15) is 43.2 Å². The molecule has 1 heterocycles. The summed E-state index contributed by atoms with van der Waals surface area (Å²) in [6.07, 6.45) is 5.41. The molecule has 1 aliphatic heterocycles. The number of carbonyl (C=O) groups excluding carboxylic acids is 1. The number of benzene rings is 1. The fraction of sp³-hybridized carbons (Fsp3) is 0.632. The Bertz CT molecular complexity index is 608. The monoisotopic (exact) mass is 332 g/mol. The number of hydrogen-bond acceptors (Lipinski definition) is 3. The fourth-order valence-corrected chi connectivity index (χ4v) is 4.25. The Morgan fingerprint density at radius 2 is 1.88 bits per heavy atom. The van der Waals surface area contributed by atoms with Crippen LogP contribution in [0.4, 0.5) is 5.69 Å². The number of carbonyl (C=O) groups is 1. The van der Waals surface area contributed by atoms with E-state index in [4.69, 9.17) is 4.74 Å². The summed E-state index contributed by atoms with van der Waals surface area (Å²) >= 11 is 0. The number of rotatable bonds is 4. The van der Waals surface area contributed by atoms with E-state index < -0.39 is 0 Å².